The van der Waals surface area contributed by atoms with Gasteiger partial charge in [-0.25, -0.2) is 0 Å². The van der Waals surface area contributed by atoms with Crippen LogP contribution in [0.1, 0.15) is 16.1 Å². The molecule has 0 spiro atoms. The Hall–Kier alpha value is -2.56. The molecule has 0 radical (unpaired) electrons. The Morgan fingerprint density at radius 1 is 1.33 bits per heavy atom. The lowest BCUT2D eigenvalue weighted by Crippen LogP contribution is -1.94. The van der Waals surface area contributed by atoms with Gasteiger partial charge in [0.1, 0.15) is 11.5 Å². The summed E-state index contributed by atoms with van der Waals surface area (Å²) in [7, 11) is 1.78. The lowest BCUT2D eigenvalue weighted by atomic mass is 10.1. The molecule has 0 bridgehead atoms. The fraction of sp³-hybridized carbons (Fsp3) is 0.0769. The topological polar surface area (TPSA) is 75.4 Å². The number of carbonyl (C=O) groups is 1. The van der Waals surface area contributed by atoms with Crippen LogP contribution in [-0.4, -0.2) is 25.8 Å². The van der Waals surface area contributed by atoms with Gasteiger partial charge in [0.05, 0.1) is 11.3 Å². The van der Waals surface area contributed by atoms with Gasteiger partial charge >= 0.3 is 0 Å². The van der Waals surface area contributed by atoms with Gasteiger partial charge in [0.2, 0.25) is 0 Å². The minimum Gasteiger partial charge on any atom is -0.508 e. The number of hydrogen-bond donors (Lipinski definition) is 2. The van der Waals surface area contributed by atoms with Crippen LogP contribution in [0, 0.1) is 0 Å². The van der Waals surface area contributed by atoms with Crippen LogP contribution >= 0.6 is 0 Å². The summed E-state index contributed by atoms with van der Waals surface area (Å²) in [6.07, 6.45) is 4.66. The van der Waals surface area contributed by atoms with E-state index in [-0.39, 0.29) is 22.8 Å². The summed E-state index contributed by atoms with van der Waals surface area (Å²) in [5, 5.41) is 22.7. The first-order valence-electron chi connectivity index (χ1n) is 5.30. The van der Waals surface area contributed by atoms with Crippen LogP contribution < -0.4 is 0 Å². The SMILES string of the molecule is Cn1ccc(/C=C/C(=O)c2ccc(O)cc2O)n1. The molecule has 0 atom stereocenters. The van der Waals surface area contributed by atoms with Gasteiger partial charge in [0.15, 0.2) is 5.78 Å². The first-order chi connectivity index (χ1) is 8.56. The molecule has 5 nitrogen and oxygen atoms in total. The van der Waals surface area contributed by atoms with E-state index in [9.17, 15) is 9.90 Å². The third-order valence-electron chi connectivity index (χ3n) is 2.39. The first kappa shape index (κ1) is 11.9. The van der Waals surface area contributed by atoms with E-state index in [1.165, 1.54) is 18.2 Å². The number of phenolic OH excluding ortho intramolecular Hbond substituents is 2. The molecule has 1 heterocycles. The average Bonchev–Trinajstić information content (AvgIpc) is 2.72. The minimum absolute atomic E-state index is 0.0854. The molecule has 0 aliphatic heterocycles. The van der Waals surface area contributed by atoms with Crippen LogP contribution in [0.2, 0.25) is 0 Å². The van der Waals surface area contributed by atoms with Crippen molar-refractivity contribution in [3.63, 3.8) is 0 Å². The maximum atomic E-state index is 11.8. The second-order valence-electron chi connectivity index (χ2n) is 3.81. The summed E-state index contributed by atoms with van der Waals surface area (Å²) in [6.45, 7) is 0. The molecule has 1 aromatic heterocycles. The van der Waals surface area contributed by atoms with Crippen molar-refractivity contribution >= 4 is 11.9 Å². The van der Waals surface area contributed by atoms with Gasteiger partial charge in [-0.15, -0.1) is 0 Å². The van der Waals surface area contributed by atoms with E-state index in [2.05, 4.69) is 5.10 Å². The molecule has 0 saturated heterocycles. The molecule has 92 valence electrons. The summed E-state index contributed by atoms with van der Waals surface area (Å²) >= 11 is 0. The van der Waals surface area contributed by atoms with Crippen LogP contribution in [0.5, 0.6) is 11.5 Å². The van der Waals surface area contributed by atoms with E-state index in [0.717, 1.165) is 6.07 Å². The van der Waals surface area contributed by atoms with Gasteiger partial charge < -0.3 is 10.2 Å². The predicted octanol–water partition coefficient (Wildman–Crippen LogP) is 1.73. The molecular weight excluding hydrogens is 232 g/mol. The van der Waals surface area contributed by atoms with Crippen LogP contribution in [0.15, 0.2) is 36.5 Å². The Bertz CT molecular complexity index is 614. The van der Waals surface area contributed by atoms with E-state index >= 15 is 0 Å². The second-order valence-corrected chi connectivity index (χ2v) is 3.81. The van der Waals surface area contributed by atoms with Crippen LogP contribution in [-0.2, 0) is 7.05 Å². The van der Waals surface area contributed by atoms with Gasteiger partial charge in [-0.3, -0.25) is 9.48 Å². The molecule has 2 aromatic rings. The zero-order valence-electron chi connectivity index (χ0n) is 9.74. The molecule has 0 amide bonds. The second kappa shape index (κ2) is 4.75. The maximum absolute atomic E-state index is 11.8. The number of aryl methyl sites for hydroxylation is 1. The number of ketones is 1. The Kier molecular flexibility index (Phi) is 3.14. The summed E-state index contributed by atoms with van der Waals surface area (Å²) in [6, 6.07) is 5.61. The van der Waals surface area contributed by atoms with Crippen molar-refractivity contribution in [2.24, 2.45) is 7.05 Å². The smallest absolute Gasteiger partial charge is 0.189 e. The van der Waals surface area contributed by atoms with E-state index < -0.39 is 0 Å². The van der Waals surface area contributed by atoms with Crippen LogP contribution in [0.4, 0.5) is 0 Å². The number of benzene rings is 1. The summed E-state index contributed by atoms with van der Waals surface area (Å²) in [5.41, 5.74) is 0.795. The van der Waals surface area contributed by atoms with Gasteiger partial charge in [-0.1, -0.05) is 0 Å². The molecule has 0 aliphatic rings. The standard InChI is InChI=1S/C13H12N2O3/c1-15-7-6-9(14-15)2-5-12(17)11-4-3-10(16)8-13(11)18/h2-8,16,18H,1H3/b5-2+. The Labute approximate surface area is 104 Å². The number of hydrogen-bond acceptors (Lipinski definition) is 4. The average molecular weight is 244 g/mol. The third kappa shape index (κ3) is 2.57. The minimum atomic E-state index is -0.349. The number of rotatable bonds is 3. The summed E-state index contributed by atoms with van der Waals surface area (Å²) < 4.78 is 1.63. The highest BCUT2D eigenvalue weighted by molar-refractivity contribution is 6.08. The van der Waals surface area contributed by atoms with Crippen molar-refractivity contribution in [1.29, 1.82) is 0 Å². The molecule has 1 aromatic carbocycles. The fourth-order valence-corrected chi connectivity index (χ4v) is 1.50. The first-order valence-corrected chi connectivity index (χ1v) is 5.30. The number of aromatic hydroxyl groups is 2. The number of allylic oxidation sites excluding steroid dienone is 1. The number of aromatic nitrogens is 2. The largest absolute Gasteiger partial charge is 0.508 e. The zero-order valence-corrected chi connectivity index (χ0v) is 9.74. The molecule has 0 fully saturated rings. The molecule has 0 unspecified atom stereocenters. The highest BCUT2D eigenvalue weighted by Gasteiger charge is 2.08. The van der Waals surface area contributed by atoms with E-state index in [4.69, 9.17) is 5.11 Å². The Morgan fingerprint density at radius 2 is 2.11 bits per heavy atom. The highest BCUT2D eigenvalue weighted by Crippen LogP contribution is 2.23. The van der Waals surface area contributed by atoms with Crippen molar-refractivity contribution in [3.05, 3.63) is 47.8 Å². The van der Waals surface area contributed by atoms with Crippen LogP contribution in [0.25, 0.3) is 6.08 Å². The van der Waals surface area contributed by atoms with Crippen molar-refractivity contribution in [2.45, 2.75) is 0 Å². The molecular formula is C13H12N2O3. The molecule has 0 saturated carbocycles. The predicted molar refractivity (Wildman–Crippen MR) is 66.3 cm³/mol. The maximum Gasteiger partial charge on any atom is 0.189 e. The number of carbonyl (C=O) groups excluding carboxylic acids is 1. The number of phenols is 2. The lowest BCUT2D eigenvalue weighted by Gasteiger charge is -2.00. The monoisotopic (exact) mass is 244 g/mol. The van der Waals surface area contributed by atoms with Crippen molar-refractivity contribution in [3.8, 4) is 11.5 Å². The van der Waals surface area contributed by atoms with E-state index in [1.54, 1.807) is 30.1 Å². The molecule has 2 rings (SSSR count). The molecule has 5 heteroatoms. The summed E-state index contributed by atoms with van der Waals surface area (Å²) in [4.78, 5) is 11.8. The molecule has 0 aliphatic carbocycles. The normalized spacial score (nSPS) is 10.9. The van der Waals surface area contributed by atoms with Gasteiger partial charge in [-0.05, 0) is 30.4 Å². The molecule has 2 N–H and O–H groups in total. The van der Waals surface area contributed by atoms with Gasteiger partial charge in [0.25, 0.3) is 0 Å². The highest BCUT2D eigenvalue weighted by atomic mass is 16.3. The third-order valence-corrected chi connectivity index (χ3v) is 2.39. The zero-order chi connectivity index (χ0) is 13.1. The van der Waals surface area contributed by atoms with Crippen molar-refractivity contribution in [1.82, 2.24) is 9.78 Å². The molecule has 18 heavy (non-hydrogen) atoms. The van der Waals surface area contributed by atoms with E-state index in [1.807, 2.05) is 0 Å². The van der Waals surface area contributed by atoms with Gasteiger partial charge in [0, 0.05) is 19.3 Å². The van der Waals surface area contributed by atoms with E-state index in [0.29, 0.717) is 5.69 Å². The summed E-state index contributed by atoms with van der Waals surface area (Å²) in [5.74, 6) is -0.679. The fourth-order valence-electron chi connectivity index (χ4n) is 1.50. The number of nitrogens with zero attached hydrogens (tertiary/aromatic N) is 2. The van der Waals surface area contributed by atoms with Gasteiger partial charge in [-0.2, -0.15) is 5.10 Å². The lowest BCUT2D eigenvalue weighted by molar-refractivity contribution is 0.104. The quantitative estimate of drug-likeness (QED) is 0.636. The Morgan fingerprint density at radius 3 is 2.72 bits per heavy atom. The van der Waals surface area contributed by atoms with Crippen molar-refractivity contribution in [2.75, 3.05) is 0 Å². The van der Waals surface area contributed by atoms with Crippen molar-refractivity contribution < 1.29 is 15.0 Å². The Balaban J connectivity index is 2.19. The van der Waals surface area contributed by atoms with Crippen LogP contribution in [0.3, 0.4) is 0 Å².